The number of rotatable bonds is 8. The Kier molecular flexibility index (Phi) is 7.29. The summed E-state index contributed by atoms with van der Waals surface area (Å²) in [7, 11) is 3.33. The predicted octanol–water partition coefficient (Wildman–Crippen LogP) is 4.77. The molecule has 0 saturated carbocycles. The summed E-state index contributed by atoms with van der Waals surface area (Å²) in [6, 6.07) is 12.9. The zero-order chi connectivity index (χ0) is 24.2. The molecular formula is C25H24ClN3O4S. The van der Waals surface area contributed by atoms with Gasteiger partial charge in [0.2, 0.25) is 5.91 Å². The molecule has 0 saturated heterocycles. The van der Waals surface area contributed by atoms with Gasteiger partial charge in [0.15, 0.2) is 16.7 Å². The minimum absolute atomic E-state index is 0.131. The molecule has 0 aliphatic carbocycles. The highest BCUT2D eigenvalue weighted by molar-refractivity contribution is 7.98. The number of thioether (sulfide) groups is 1. The third kappa shape index (κ3) is 4.83. The van der Waals surface area contributed by atoms with Crippen molar-refractivity contribution in [2.24, 2.45) is 7.05 Å². The molecule has 4 rings (SSSR count). The fraction of sp³-hybridized carbons (Fsp3) is 0.240. The van der Waals surface area contributed by atoms with E-state index >= 15 is 0 Å². The van der Waals surface area contributed by atoms with Crippen LogP contribution in [0.3, 0.4) is 0 Å². The van der Waals surface area contributed by atoms with Gasteiger partial charge < -0.3 is 19.4 Å². The zero-order valence-corrected chi connectivity index (χ0v) is 20.4. The third-order valence-corrected chi connectivity index (χ3v) is 7.01. The quantitative estimate of drug-likeness (QED) is 0.274. The first-order valence-electron chi connectivity index (χ1n) is 10.6. The molecule has 2 aromatic carbocycles. The number of amides is 1. The molecule has 0 fully saturated rings. The number of nitrogens with zero attached hydrogens (tertiary/aromatic N) is 2. The Labute approximate surface area is 206 Å². The van der Waals surface area contributed by atoms with Gasteiger partial charge in [-0.2, -0.15) is 4.98 Å². The summed E-state index contributed by atoms with van der Waals surface area (Å²) < 4.78 is 12.9. The van der Waals surface area contributed by atoms with Gasteiger partial charge in [0, 0.05) is 30.2 Å². The second kappa shape index (κ2) is 10.4. The molecule has 1 aromatic heterocycles. The monoisotopic (exact) mass is 497 g/mol. The number of methoxy groups -OCH3 is 1. The maximum atomic E-state index is 13.2. The Hall–Kier alpha value is -3.23. The molecule has 0 spiro atoms. The van der Waals surface area contributed by atoms with Crippen molar-refractivity contribution in [1.82, 2.24) is 9.55 Å². The molecule has 2 heterocycles. The maximum Gasteiger partial charge on any atom is 0.279 e. The van der Waals surface area contributed by atoms with Crippen LogP contribution in [0.1, 0.15) is 29.0 Å². The lowest BCUT2D eigenvalue weighted by Gasteiger charge is -2.28. The highest BCUT2D eigenvalue weighted by atomic mass is 35.5. The van der Waals surface area contributed by atoms with Crippen LogP contribution in [0.4, 0.5) is 5.82 Å². The van der Waals surface area contributed by atoms with Crippen LogP contribution in [0.2, 0.25) is 5.02 Å². The van der Waals surface area contributed by atoms with Crippen molar-refractivity contribution in [2.75, 3.05) is 19.0 Å². The molecule has 3 aromatic rings. The summed E-state index contributed by atoms with van der Waals surface area (Å²) in [4.78, 5) is 30.2. The van der Waals surface area contributed by atoms with E-state index in [4.69, 9.17) is 21.1 Å². The Morgan fingerprint density at radius 2 is 2.06 bits per heavy atom. The van der Waals surface area contributed by atoms with E-state index in [0.29, 0.717) is 45.4 Å². The largest absolute Gasteiger partial charge is 0.493 e. The minimum atomic E-state index is -0.458. The van der Waals surface area contributed by atoms with Crippen LogP contribution < -0.4 is 20.3 Å². The van der Waals surface area contributed by atoms with Crippen LogP contribution in [0, 0.1) is 0 Å². The van der Waals surface area contributed by atoms with E-state index in [1.165, 1.54) is 11.8 Å². The highest BCUT2D eigenvalue weighted by Crippen LogP contribution is 2.39. The summed E-state index contributed by atoms with van der Waals surface area (Å²) in [6.45, 7) is 3.99. The van der Waals surface area contributed by atoms with E-state index in [0.717, 1.165) is 11.1 Å². The number of anilines is 1. The first kappa shape index (κ1) is 23.9. The van der Waals surface area contributed by atoms with Crippen LogP contribution in [0.25, 0.3) is 0 Å². The Morgan fingerprint density at radius 3 is 2.79 bits per heavy atom. The van der Waals surface area contributed by atoms with Crippen molar-refractivity contribution >= 4 is 35.1 Å². The summed E-state index contributed by atoms with van der Waals surface area (Å²) >= 11 is 7.65. The van der Waals surface area contributed by atoms with Crippen LogP contribution >= 0.6 is 23.4 Å². The van der Waals surface area contributed by atoms with Gasteiger partial charge in [0.05, 0.1) is 12.7 Å². The van der Waals surface area contributed by atoms with Crippen molar-refractivity contribution in [3.63, 3.8) is 0 Å². The first-order chi connectivity index (χ1) is 16.4. The average molecular weight is 498 g/mol. The van der Waals surface area contributed by atoms with E-state index in [1.807, 2.05) is 30.3 Å². The summed E-state index contributed by atoms with van der Waals surface area (Å²) in [6.07, 6.45) is 1.78. The molecule has 0 unspecified atom stereocenters. The van der Waals surface area contributed by atoms with Gasteiger partial charge in [0.25, 0.3) is 5.56 Å². The predicted molar refractivity (Wildman–Crippen MR) is 134 cm³/mol. The van der Waals surface area contributed by atoms with Crippen molar-refractivity contribution < 1.29 is 14.3 Å². The van der Waals surface area contributed by atoms with E-state index < -0.39 is 5.92 Å². The van der Waals surface area contributed by atoms with Crippen molar-refractivity contribution in [3.8, 4) is 11.5 Å². The number of nitrogens with one attached hydrogen (secondary N) is 1. The number of hydrogen-bond acceptors (Lipinski definition) is 6. The number of fused-ring (bicyclic) bond motifs is 1. The minimum Gasteiger partial charge on any atom is -0.493 e. The molecular weight excluding hydrogens is 474 g/mol. The maximum absolute atomic E-state index is 13.2. The number of aromatic nitrogens is 2. The van der Waals surface area contributed by atoms with E-state index in [-0.39, 0.29) is 17.9 Å². The third-order valence-electron chi connectivity index (χ3n) is 5.56. The van der Waals surface area contributed by atoms with Crippen LogP contribution in [0.5, 0.6) is 11.5 Å². The molecule has 1 N–H and O–H groups in total. The zero-order valence-electron chi connectivity index (χ0n) is 18.8. The second-order valence-electron chi connectivity index (χ2n) is 7.72. The molecule has 0 bridgehead atoms. The standard InChI is InChI=1S/C25H24ClN3O4S/c1-4-11-33-19-10-9-15(12-20(19)32-3)17-13-21(30)27-23-22(17)24(31)28-25(29(23)2)34-14-16-7-5-6-8-18(16)26/h4-10,12,17H,1,11,13-14H2,2-3H3,(H,27,30)/t17-/m0/s1. The normalized spacial score (nSPS) is 14.8. The van der Waals surface area contributed by atoms with Gasteiger partial charge >= 0.3 is 0 Å². The lowest BCUT2D eigenvalue weighted by Crippen LogP contribution is -2.33. The molecule has 34 heavy (non-hydrogen) atoms. The molecule has 1 aliphatic heterocycles. The van der Waals surface area contributed by atoms with Gasteiger partial charge in [-0.3, -0.25) is 9.59 Å². The Balaban J connectivity index is 1.70. The van der Waals surface area contributed by atoms with Crippen LogP contribution in [-0.4, -0.2) is 29.2 Å². The Bertz CT molecular complexity index is 1310. The number of hydrogen-bond donors (Lipinski definition) is 1. The van der Waals surface area contributed by atoms with Gasteiger partial charge in [0.1, 0.15) is 12.4 Å². The second-order valence-corrected chi connectivity index (χ2v) is 9.07. The highest BCUT2D eigenvalue weighted by Gasteiger charge is 2.32. The summed E-state index contributed by atoms with van der Waals surface area (Å²) in [5.74, 6) is 1.44. The molecule has 1 amide bonds. The van der Waals surface area contributed by atoms with Crippen molar-refractivity contribution in [1.29, 1.82) is 0 Å². The number of benzene rings is 2. The van der Waals surface area contributed by atoms with Crippen LogP contribution in [-0.2, 0) is 17.6 Å². The molecule has 7 nitrogen and oxygen atoms in total. The van der Waals surface area contributed by atoms with Gasteiger partial charge in [-0.15, -0.1) is 0 Å². The fourth-order valence-electron chi connectivity index (χ4n) is 3.88. The number of carbonyl (C=O) groups excluding carboxylic acids is 1. The van der Waals surface area contributed by atoms with Crippen molar-refractivity contribution in [2.45, 2.75) is 23.2 Å². The summed E-state index contributed by atoms with van der Waals surface area (Å²) in [5.41, 5.74) is 1.79. The smallest absolute Gasteiger partial charge is 0.279 e. The molecule has 9 heteroatoms. The molecule has 1 aliphatic rings. The number of carbonyl (C=O) groups is 1. The van der Waals surface area contributed by atoms with E-state index in [9.17, 15) is 9.59 Å². The van der Waals surface area contributed by atoms with E-state index in [1.54, 1.807) is 36.9 Å². The van der Waals surface area contributed by atoms with Gasteiger partial charge in [-0.25, -0.2) is 0 Å². The topological polar surface area (TPSA) is 82.5 Å². The molecule has 176 valence electrons. The summed E-state index contributed by atoms with van der Waals surface area (Å²) in [5, 5.41) is 4.01. The van der Waals surface area contributed by atoms with E-state index in [2.05, 4.69) is 16.9 Å². The van der Waals surface area contributed by atoms with Gasteiger partial charge in [-0.1, -0.05) is 60.3 Å². The lowest BCUT2D eigenvalue weighted by molar-refractivity contribution is -0.116. The van der Waals surface area contributed by atoms with Gasteiger partial charge in [-0.05, 0) is 29.3 Å². The first-order valence-corrected chi connectivity index (χ1v) is 12.0. The van der Waals surface area contributed by atoms with Crippen molar-refractivity contribution in [3.05, 3.63) is 87.2 Å². The fourth-order valence-corrected chi connectivity index (χ4v) is 5.13. The molecule has 1 atom stereocenters. The average Bonchev–Trinajstić information content (AvgIpc) is 2.84. The number of ether oxygens (including phenoxy) is 2. The van der Waals surface area contributed by atoms with Crippen LogP contribution in [0.15, 0.2) is 65.1 Å². The Morgan fingerprint density at radius 1 is 1.26 bits per heavy atom. The number of halogens is 1. The lowest BCUT2D eigenvalue weighted by atomic mass is 9.86. The SMILES string of the molecule is C=CCOc1ccc([C@@H]2CC(=O)Nc3c2c(=O)nc(SCc2ccccc2Cl)n3C)cc1OC. The molecule has 0 radical (unpaired) electrons.